The van der Waals surface area contributed by atoms with Gasteiger partial charge in [-0.2, -0.15) is 5.10 Å². The smallest absolute Gasteiger partial charge is 0.134 e. The summed E-state index contributed by atoms with van der Waals surface area (Å²) in [5.74, 6) is 4.32. The fourth-order valence-electron chi connectivity index (χ4n) is 2.31. The van der Waals surface area contributed by atoms with Gasteiger partial charge in [-0.3, -0.25) is 10.5 Å². The summed E-state index contributed by atoms with van der Waals surface area (Å²) < 4.78 is 30.0. The third-order valence-corrected chi connectivity index (χ3v) is 3.30. The van der Waals surface area contributed by atoms with E-state index in [9.17, 15) is 8.78 Å². The van der Waals surface area contributed by atoms with Crippen LogP contribution in [0.2, 0.25) is 0 Å². The van der Waals surface area contributed by atoms with Crippen molar-refractivity contribution in [3.8, 4) is 0 Å². The Bertz CT molecular complexity index is 622. The number of nitrogens with zero attached hydrogens (tertiary/aromatic N) is 2. The molecule has 0 aliphatic heterocycles. The van der Waals surface area contributed by atoms with E-state index in [4.69, 9.17) is 5.84 Å². The Hall–Kier alpha value is -1.79. The molecule has 0 aliphatic rings. The van der Waals surface area contributed by atoms with Crippen LogP contribution in [0.3, 0.4) is 0 Å². The quantitative estimate of drug-likeness (QED) is 0.667. The van der Waals surface area contributed by atoms with Crippen LogP contribution in [-0.2, 0) is 6.54 Å². The van der Waals surface area contributed by atoms with E-state index in [1.165, 1.54) is 12.1 Å². The van der Waals surface area contributed by atoms with Gasteiger partial charge in [0.1, 0.15) is 11.6 Å². The summed E-state index contributed by atoms with van der Waals surface area (Å²) in [6, 6.07) is 3.65. The summed E-state index contributed by atoms with van der Waals surface area (Å²) in [6.45, 7) is 5.92. The van der Waals surface area contributed by atoms with Crippen molar-refractivity contribution in [2.24, 2.45) is 5.84 Å². The summed E-state index contributed by atoms with van der Waals surface area (Å²) in [5, 5.41) is 4.28. The molecular weight excluding hydrogens is 262 g/mol. The topological polar surface area (TPSA) is 55.9 Å². The second-order valence-corrected chi connectivity index (χ2v) is 4.72. The Kier molecular flexibility index (Phi) is 4.15. The Balaban J connectivity index is 2.61. The van der Waals surface area contributed by atoms with Gasteiger partial charge in [-0.15, -0.1) is 0 Å². The zero-order valence-corrected chi connectivity index (χ0v) is 11.7. The molecular formula is C14H18F2N4. The first kappa shape index (κ1) is 14.6. The Morgan fingerprint density at radius 3 is 2.65 bits per heavy atom. The molecule has 0 radical (unpaired) electrons. The molecule has 3 N–H and O–H groups in total. The number of hydrazine groups is 1. The summed E-state index contributed by atoms with van der Waals surface area (Å²) in [5.41, 5.74) is 4.19. The second-order valence-electron chi connectivity index (χ2n) is 4.72. The third-order valence-electron chi connectivity index (χ3n) is 3.30. The van der Waals surface area contributed by atoms with Crippen LogP contribution in [-0.4, -0.2) is 9.78 Å². The van der Waals surface area contributed by atoms with E-state index in [2.05, 4.69) is 10.5 Å². The molecule has 1 atom stereocenters. The van der Waals surface area contributed by atoms with Crippen molar-refractivity contribution in [3.63, 3.8) is 0 Å². The van der Waals surface area contributed by atoms with Gasteiger partial charge < -0.3 is 0 Å². The lowest BCUT2D eigenvalue weighted by Gasteiger charge is -2.19. The first-order chi connectivity index (χ1) is 9.49. The summed E-state index contributed by atoms with van der Waals surface area (Å²) in [6.07, 6.45) is 0. The van der Waals surface area contributed by atoms with Gasteiger partial charge in [-0.25, -0.2) is 14.2 Å². The molecule has 4 nitrogen and oxygen atoms in total. The number of aryl methyl sites for hydroxylation is 3. The average molecular weight is 280 g/mol. The van der Waals surface area contributed by atoms with Crippen molar-refractivity contribution in [2.45, 2.75) is 33.4 Å². The SMILES string of the molecule is CCn1nc(C)cc1C(NN)c1c(F)ccc(C)c1F. The van der Waals surface area contributed by atoms with Gasteiger partial charge in [-0.1, -0.05) is 6.07 Å². The molecule has 1 heterocycles. The fraction of sp³-hybridized carbons (Fsp3) is 0.357. The first-order valence-corrected chi connectivity index (χ1v) is 6.44. The van der Waals surface area contributed by atoms with Crippen LogP contribution in [0.1, 0.15) is 35.5 Å². The van der Waals surface area contributed by atoms with E-state index >= 15 is 0 Å². The van der Waals surface area contributed by atoms with Crippen molar-refractivity contribution >= 4 is 0 Å². The number of rotatable bonds is 4. The Morgan fingerprint density at radius 2 is 2.05 bits per heavy atom. The maximum atomic E-state index is 14.3. The van der Waals surface area contributed by atoms with Crippen molar-refractivity contribution in [2.75, 3.05) is 0 Å². The lowest BCUT2D eigenvalue weighted by Crippen LogP contribution is -2.32. The van der Waals surface area contributed by atoms with Crippen LogP contribution in [0.4, 0.5) is 8.78 Å². The number of hydrogen-bond donors (Lipinski definition) is 2. The molecule has 0 aliphatic carbocycles. The Morgan fingerprint density at radius 1 is 1.35 bits per heavy atom. The van der Waals surface area contributed by atoms with Crippen LogP contribution < -0.4 is 11.3 Å². The van der Waals surface area contributed by atoms with E-state index in [0.717, 1.165) is 5.69 Å². The molecule has 0 fully saturated rings. The van der Waals surface area contributed by atoms with Gasteiger partial charge in [0, 0.05) is 12.1 Å². The molecule has 108 valence electrons. The van der Waals surface area contributed by atoms with E-state index < -0.39 is 17.7 Å². The number of nitrogens with two attached hydrogens (primary N) is 1. The summed E-state index contributed by atoms with van der Waals surface area (Å²) >= 11 is 0. The summed E-state index contributed by atoms with van der Waals surface area (Å²) in [7, 11) is 0. The van der Waals surface area contributed by atoms with Gasteiger partial charge >= 0.3 is 0 Å². The molecule has 2 aromatic rings. The van der Waals surface area contributed by atoms with E-state index in [1.807, 2.05) is 13.8 Å². The van der Waals surface area contributed by atoms with Crippen molar-refractivity contribution in [1.82, 2.24) is 15.2 Å². The molecule has 2 rings (SSSR count). The van der Waals surface area contributed by atoms with Gasteiger partial charge in [-0.05, 0) is 38.5 Å². The number of halogens is 2. The molecule has 0 spiro atoms. The zero-order chi connectivity index (χ0) is 14.9. The maximum Gasteiger partial charge on any atom is 0.134 e. The van der Waals surface area contributed by atoms with Gasteiger partial charge in [0.05, 0.1) is 17.4 Å². The van der Waals surface area contributed by atoms with Crippen molar-refractivity contribution < 1.29 is 8.78 Å². The number of aromatic nitrogens is 2. The lowest BCUT2D eigenvalue weighted by molar-refractivity contribution is 0.481. The largest absolute Gasteiger partial charge is 0.271 e. The molecule has 0 saturated carbocycles. The summed E-state index contributed by atoms with van der Waals surface area (Å²) in [4.78, 5) is 0. The standard InChI is InChI=1S/C14H18F2N4/c1-4-20-11(7-9(3)19-20)14(18-17)12-10(15)6-5-8(2)13(12)16/h5-7,14,18H,4,17H2,1-3H3. The second kappa shape index (κ2) is 5.68. The van der Waals surface area contributed by atoms with Crippen LogP contribution in [0.15, 0.2) is 18.2 Å². The average Bonchev–Trinajstić information content (AvgIpc) is 2.80. The molecule has 1 unspecified atom stereocenters. The van der Waals surface area contributed by atoms with Crippen LogP contribution >= 0.6 is 0 Å². The first-order valence-electron chi connectivity index (χ1n) is 6.44. The van der Waals surface area contributed by atoms with Crippen LogP contribution in [0, 0.1) is 25.5 Å². The minimum Gasteiger partial charge on any atom is -0.271 e. The maximum absolute atomic E-state index is 14.3. The number of benzene rings is 1. The number of nitrogens with one attached hydrogen (secondary N) is 1. The van der Waals surface area contributed by atoms with E-state index in [-0.39, 0.29) is 5.56 Å². The molecule has 1 aromatic carbocycles. The van der Waals surface area contributed by atoms with Crippen LogP contribution in [0.25, 0.3) is 0 Å². The van der Waals surface area contributed by atoms with E-state index in [1.54, 1.807) is 17.7 Å². The fourth-order valence-corrected chi connectivity index (χ4v) is 2.31. The van der Waals surface area contributed by atoms with Crippen molar-refractivity contribution in [1.29, 1.82) is 0 Å². The molecule has 0 amide bonds. The highest BCUT2D eigenvalue weighted by molar-refractivity contribution is 5.34. The highest BCUT2D eigenvalue weighted by atomic mass is 19.1. The molecule has 0 saturated heterocycles. The molecule has 0 bridgehead atoms. The molecule has 6 heteroatoms. The lowest BCUT2D eigenvalue weighted by atomic mass is 10.00. The normalized spacial score (nSPS) is 12.7. The molecule has 20 heavy (non-hydrogen) atoms. The van der Waals surface area contributed by atoms with Crippen LogP contribution in [0.5, 0.6) is 0 Å². The Labute approximate surface area is 116 Å². The van der Waals surface area contributed by atoms with E-state index in [0.29, 0.717) is 17.8 Å². The highest BCUT2D eigenvalue weighted by Gasteiger charge is 2.25. The van der Waals surface area contributed by atoms with Gasteiger partial charge in [0.25, 0.3) is 0 Å². The third kappa shape index (κ3) is 2.44. The zero-order valence-electron chi connectivity index (χ0n) is 11.7. The highest BCUT2D eigenvalue weighted by Crippen LogP contribution is 2.28. The molecule has 1 aromatic heterocycles. The number of hydrogen-bond acceptors (Lipinski definition) is 3. The van der Waals surface area contributed by atoms with Gasteiger partial charge in [0.15, 0.2) is 0 Å². The monoisotopic (exact) mass is 280 g/mol. The predicted molar refractivity (Wildman–Crippen MR) is 72.9 cm³/mol. The predicted octanol–water partition coefficient (Wildman–Crippen LogP) is 2.35. The van der Waals surface area contributed by atoms with Crippen molar-refractivity contribution in [3.05, 3.63) is 52.3 Å². The van der Waals surface area contributed by atoms with Gasteiger partial charge in [0.2, 0.25) is 0 Å². The minimum atomic E-state index is -0.781. The minimum absolute atomic E-state index is 0.0814.